The molecule has 24 heavy (non-hydrogen) atoms. The number of hydrogen-bond acceptors (Lipinski definition) is 3. The topological polar surface area (TPSA) is 50.7 Å². The molecule has 0 aliphatic heterocycles. The molecule has 1 saturated carbocycles. The largest absolute Gasteiger partial charge is 0.344 e. The first kappa shape index (κ1) is 15.3. The summed E-state index contributed by atoms with van der Waals surface area (Å²) in [6.45, 7) is 2.13. The van der Waals surface area contributed by atoms with Crippen LogP contribution >= 0.6 is 11.8 Å². The van der Waals surface area contributed by atoms with Gasteiger partial charge in [-0.2, -0.15) is 0 Å². The monoisotopic (exact) mass is 337 g/mol. The van der Waals surface area contributed by atoms with Crippen molar-refractivity contribution in [2.75, 3.05) is 0 Å². The molecule has 1 aromatic heterocycles. The highest BCUT2D eigenvalue weighted by atomic mass is 32.2. The molecule has 0 spiro atoms. The molecule has 1 heterocycles. The lowest BCUT2D eigenvalue weighted by Crippen LogP contribution is -2.16. The standard InChI is InChI=1S/C19H19N3OS/c1-13-7-5-6-10-16(13)17(14-8-3-2-4-9-14)24-19-21-20-18(23)22(19)15-11-12-15/h2-10,15,17H,11-12H2,1H3,(H,20,23)/t17-/m0/s1. The Balaban J connectivity index is 1.77. The summed E-state index contributed by atoms with van der Waals surface area (Å²) in [5.74, 6) is 0. The molecule has 0 amide bonds. The van der Waals surface area contributed by atoms with Crippen molar-refractivity contribution in [3.05, 3.63) is 81.8 Å². The van der Waals surface area contributed by atoms with E-state index in [1.807, 2.05) is 10.6 Å². The predicted molar refractivity (Wildman–Crippen MR) is 96.4 cm³/mol. The third-order valence-electron chi connectivity index (χ3n) is 4.38. The van der Waals surface area contributed by atoms with Gasteiger partial charge in [0.2, 0.25) is 0 Å². The van der Waals surface area contributed by atoms with E-state index in [2.05, 4.69) is 65.7 Å². The molecule has 4 rings (SSSR count). The van der Waals surface area contributed by atoms with E-state index in [1.165, 1.54) is 16.7 Å². The summed E-state index contributed by atoms with van der Waals surface area (Å²) >= 11 is 1.65. The Morgan fingerprint density at radius 1 is 1.12 bits per heavy atom. The van der Waals surface area contributed by atoms with Gasteiger partial charge in [-0.25, -0.2) is 9.89 Å². The first-order valence-corrected chi connectivity index (χ1v) is 9.06. The molecule has 1 aliphatic carbocycles. The molecule has 3 aromatic rings. The van der Waals surface area contributed by atoms with Gasteiger partial charge in [-0.15, -0.1) is 5.10 Å². The average molecular weight is 337 g/mol. The molecule has 0 saturated heterocycles. The predicted octanol–water partition coefficient (Wildman–Crippen LogP) is 4.10. The Morgan fingerprint density at radius 3 is 2.54 bits per heavy atom. The summed E-state index contributed by atoms with van der Waals surface area (Å²) < 4.78 is 1.82. The van der Waals surface area contributed by atoms with E-state index < -0.39 is 0 Å². The second-order valence-corrected chi connectivity index (χ2v) is 7.25. The first-order chi connectivity index (χ1) is 11.7. The maximum atomic E-state index is 12.1. The minimum atomic E-state index is -0.100. The molecule has 1 N–H and O–H groups in total. The summed E-state index contributed by atoms with van der Waals surface area (Å²) in [5.41, 5.74) is 3.62. The molecule has 2 aromatic carbocycles. The van der Waals surface area contributed by atoms with Crippen LogP contribution in [0.5, 0.6) is 0 Å². The third kappa shape index (κ3) is 2.91. The maximum absolute atomic E-state index is 12.1. The number of nitrogens with one attached hydrogen (secondary N) is 1. The van der Waals surface area contributed by atoms with Crippen LogP contribution in [0.4, 0.5) is 0 Å². The van der Waals surface area contributed by atoms with Crippen LogP contribution in [0.25, 0.3) is 0 Å². The normalized spacial score (nSPS) is 15.4. The Kier molecular flexibility index (Phi) is 4.02. The van der Waals surface area contributed by atoms with Crippen LogP contribution in [-0.4, -0.2) is 14.8 Å². The molecule has 1 atom stereocenters. The zero-order valence-corrected chi connectivity index (χ0v) is 14.3. The molecule has 4 nitrogen and oxygen atoms in total. The van der Waals surface area contributed by atoms with Crippen LogP contribution in [0.1, 0.15) is 40.8 Å². The van der Waals surface area contributed by atoms with E-state index in [0.717, 1.165) is 18.0 Å². The lowest BCUT2D eigenvalue weighted by molar-refractivity contribution is 0.641. The average Bonchev–Trinajstić information content (AvgIpc) is 3.38. The van der Waals surface area contributed by atoms with Crippen LogP contribution < -0.4 is 5.69 Å². The summed E-state index contributed by atoms with van der Waals surface area (Å²) in [4.78, 5) is 12.1. The van der Waals surface area contributed by atoms with Crippen molar-refractivity contribution in [1.82, 2.24) is 14.8 Å². The third-order valence-corrected chi connectivity index (χ3v) is 5.64. The number of thioether (sulfide) groups is 1. The van der Waals surface area contributed by atoms with Gasteiger partial charge in [-0.05, 0) is 36.5 Å². The minimum absolute atomic E-state index is 0.100. The number of hydrogen-bond donors (Lipinski definition) is 1. The SMILES string of the molecule is Cc1ccccc1[C@@H](Sc1n[nH]c(=O)n1C1CC1)c1ccccc1. The van der Waals surface area contributed by atoms with Crippen LogP contribution in [0, 0.1) is 6.92 Å². The number of rotatable bonds is 5. The second kappa shape index (κ2) is 6.32. The number of aryl methyl sites for hydroxylation is 1. The van der Waals surface area contributed by atoms with Crippen molar-refractivity contribution >= 4 is 11.8 Å². The zero-order chi connectivity index (χ0) is 16.5. The molecule has 0 unspecified atom stereocenters. The zero-order valence-electron chi connectivity index (χ0n) is 13.5. The highest BCUT2D eigenvalue weighted by Gasteiger charge is 2.30. The van der Waals surface area contributed by atoms with Gasteiger partial charge in [0.25, 0.3) is 0 Å². The fourth-order valence-corrected chi connectivity index (χ4v) is 4.29. The van der Waals surface area contributed by atoms with Crippen LogP contribution in [-0.2, 0) is 0 Å². The molecule has 0 radical (unpaired) electrons. The van der Waals surface area contributed by atoms with E-state index in [9.17, 15) is 4.79 Å². The fourth-order valence-electron chi connectivity index (χ4n) is 2.95. The number of aromatic amines is 1. The molecule has 1 fully saturated rings. The minimum Gasteiger partial charge on any atom is -0.267 e. The summed E-state index contributed by atoms with van der Waals surface area (Å²) in [5, 5.41) is 7.79. The van der Waals surface area contributed by atoms with E-state index in [4.69, 9.17) is 0 Å². The fraction of sp³-hybridized carbons (Fsp3) is 0.263. The Morgan fingerprint density at radius 2 is 1.83 bits per heavy atom. The lowest BCUT2D eigenvalue weighted by Gasteiger charge is -2.19. The molecule has 5 heteroatoms. The van der Waals surface area contributed by atoms with E-state index in [-0.39, 0.29) is 10.9 Å². The number of nitrogens with zero attached hydrogens (tertiary/aromatic N) is 2. The van der Waals surface area contributed by atoms with Gasteiger partial charge in [-0.3, -0.25) is 4.57 Å². The first-order valence-electron chi connectivity index (χ1n) is 8.18. The van der Waals surface area contributed by atoms with E-state index in [0.29, 0.717) is 6.04 Å². The summed E-state index contributed by atoms with van der Waals surface area (Å²) in [6, 6.07) is 19.1. The van der Waals surface area contributed by atoms with Crippen molar-refractivity contribution in [2.45, 2.75) is 36.2 Å². The molecule has 0 bridgehead atoms. The highest BCUT2D eigenvalue weighted by molar-refractivity contribution is 7.99. The van der Waals surface area contributed by atoms with E-state index in [1.54, 1.807) is 11.8 Å². The summed E-state index contributed by atoms with van der Waals surface area (Å²) in [6.07, 6.45) is 2.13. The van der Waals surface area contributed by atoms with Gasteiger partial charge >= 0.3 is 5.69 Å². The van der Waals surface area contributed by atoms with Crippen molar-refractivity contribution in [2.24, 2.45) is 0 Å². The van der Waals surface area contributed by atoms with Gasteiger partial charge < -0.3 is 0 Å². The molecular weight excluding hydrogens is 318 g/mol. The summed E-state index contributed by atoms with van der Waals surface area (Å²) in [7, 11) is 0. The van der Waals surface area contributed by atoms with Gasteiger partial charge in [0.1, 0.15) is 0 Å². The number of benzene rings is 2. The van der Waals surface area contributed by atoms with E-state index >= 15 is 0 Å². The van der Waals surface area contributed by atoms with Crippen LogP contribution in [0.3, 0.4) is 0 Å². The highest BCUT2D eigenvalue weighted by Crippen LogP contribution is 2.43. The van der Waals surface area contributed by atoms with Gasteiger partial charge in [0.05, 0.1) is 5.25 Å². The van der Waals surface area contributed by atoms with Gasteiger partial charge in [0, 0.05) is 6.04 Å². The van der Waals surface area contributed by atoms with Gasteiger partial charge in [0.15, 0.2) is 5.16 Å². The van der Waals surface area contributed by atoms with Crippen LogP contribution in [0.2, 0.25) is 0 Å². The van der Waals surface area contributed by atoms with Crippen molar-refractivity contribution in [3.8, 4) is 0 Å². The number of aromatic nitrogens is 3. The lowest BCUT2D eigenvalue weighted by atomic mass is 10.0. The van der Waals surface area contributed by atoms with Crippen molar-refractivity contribution in [3.63, 3.8) is 0 Å². The Bertz CT molecular complexity index is 896. The smallest absolute Gasteiger partial charge is 0.267 e. The second-order valence-electron chi connectivity index (χ2n) is 6.18. The molecule has 122 valence electrons. The van der Waals surface area contributed by atoms with Crippen LogP contribution in [0.15, 0.2) is 64.5 Å². The Hall–Kier alpha value is -2.27. The molecular formula is C19H19N3OS. The van der Waals surface area contributed by atoms with Crippen molar-refractivity contribution in [1.29, 1.82) is 0 Å². The maximum Gasteiger partial charge on any atom is 0.344 e. The number of H-pyrrole nitrogens is 1. The Labute approximate surface area is 144 Å². The van der Waals surface area contributed by atoms with Crippen molar-refractivity contribution < 1.29 is 0 Å². The van der Waals surface area contributed by atoms with Gasteiger partial charge in [-0.1, -0.05) is 66.4 Å². The quantitative estimate of drug-likeness (QED) is 0.713. The molecule has 1 aliphatic rings.